The molecule has 0 saturated carbocycles. The summed E-state index contributed by atoms with van der Waals surface area (Å²) in [7, 11) is 0. The molecule has 1 aliphatic rings. The number of thiazole rings is 1. The van der Waals surface area contributed by atoms with Crippen molar-refractivity contribution in [1.29, 1.82) is 0 Å². The second-order valence-corrected chi connectivity index (χ2v) is 6.87. The van der Waals surface area contributed by atoms with Crippen LogP contribution >= 0.6 is 11.3 Å². The highest BCUT2D eigenvalue weighted by atomic mass is 32.1. The van der Waals surface area contributed by atoms with Crippen LogP contribution in [0.5, 0.6) is 0 Å². The van der Waals surface area contributed by atoms with E-state index in [4.69, 9.17) is 0 Å². The fourth-order valence-electron chi connectivity index (χ4n) is 3.09. The molecular weight excluding hydrogens is 346 g/mol. The number of amides is 2. The van der Waals surface area contributed by atoms with Crippen molar-refractivity contribution in [3.8, 4) is 10.6 Å². The number of likely N-dealkylation sites (N-methyl/N-ethyl adjacent to an activating group) is 1. The van der Waals surface area contributed by atoms with E-state index in [0.717, 1.165) is 21.8 Å². The molecule has 3 aromatic rings. The molecule has 0 radical (unpaired) electrons. The molecule has 2 heterocycles. The van der Waals surface area contributed by atoms with Crippen molar-refractivity contribution in [3.63, 3.8) is 0 Å². The van der Waals surface area contributed by atoms with Gasteiger partial charge >= 0.3 is 0 Å². The van der Waals surface area contributed by atoms with E-state index < -0.39 is 0 Å². The van der Waals surface area contributed by atoms with Crippen molar-refractivity contribution in [1.82, 2.24) is 4.98 Å². The Balaban J connectivity index is 1.52. The zero-order valence-electron chi connectivity index (χ0n) is 14.2. The first-order chi connectivity index (χ1) is 12.7. The Labute approximate surface area is 155 Å². The van der Waals surface area contributed by atoms with E-state index >= 15 is 0 Å². The van der Waals surface area contributed by atoms with Crippen molar-refractivity contribution in [2.24, 2.45) is 0 Å². The van der Waals surface area contributed by atoms with Gasteiger partial charge in [0.05, 0.1) is 6.42 Å². The number of rotatable bonds is 4. The van der Waals surface area contributed by atoms with Crippen LogP contribution in [0.4, 0.5) is 11.4 Å². The zero-order valence-corrected chi connectivity index (χ0v) is 15.0. The van der Waals surface area contributed by atoms with E-state index in [1.165, 1.54) is 11.3 Å². The number of anilines is 2. The number of carbonyl (C=O) groups excluding carboxylic acids is 2. The smallest absolute Gasteiger partial charge is 0.275 e. The Bertz CT molecular complexity index is 982. The van der Waals surface area contributed by atoms with Gasteiger partial charge in [-0.15, -0.1) is 11.3 Å². The van der Waals surface area contributed by atoms with Crippen molar-refractivity contribution in [2.45, 2.75) is 13.3 Å². The van der Waals surface area contributed by atoms with E-state index in [2.05, 4.69) is 10.3 Å². The lowest BCUT2D eigenvalue weighted by Crippen LogP contribution is -2.25. The molecule has 0 spiro atoms. The summed E-state index contributed by atoms with van der Waals surface area (Å²) < 4.78 is 0. The quantitative estimate of drug-likeness (QED) is 0.763. The number of nitrogens with one attached hydrogen (secondary N) is 1. The van der Waals surface area contributed by atoms with Gasteiger partial charge in [0.2, 0.25) is 5.91 Å². The Morgan fingerprint density at radius 2 is 2.04 bits per heavy atom. The molecule has 0 bridgehead atoms. The van der Waals surface area contributed by atoms with Gasteiger partial charge in [-0.1, -0.05) is 30.3 Å². The highest BCUT2D eigenvalue weighted by molar-refractivity contribution is 7.13. The van der Waals surface area contributed by atoms with Gasteiger partial charge in [-0.3, -0.25) is 9.59 Å². The summed E-state index contributed by atoms with van der Waals surface area (Å²) in [5.74, 6) is -0.155. The molecule has 0 atom stereocenters. The van der Waals surface area contributed by atoms with Crippen LogP contribution in [-0.2, 0) is 11.2 Å². The van der Waals surface area contributed by atoms with Gasteiger partial charge in [0, 0.05) is 28.9 Å². The first kappa shape index (κ1) is 16.5. The van der Waals surface area contributed by atoms with Crippen LogP contribution in [0.25, 0.3) is 10.6 Å². The summed E-state index contributed by atoms with van der Waals surface area (Å²) in [5.41, 5.74) is 3.93. The summed E-state index contributed by atoms with van der Waals surface area (Å²) >= 11 is 1.44. The second kappa shape index (κ2) is 6.72. The van der Waals surface area contributed by atoms with E-state index in [9.17, 15) is 9.59 Å². The third kappa shape index (κ3) is 2.99. The Morgan fingerprint density at radius 3 is 2.81 bits per heavy atom. The molecule has 2 aromatic carbocycles. The topological polar surface area (TPSA) is 62.3 Å². The third-order valence-electron chi connectivity index (χ3n) is 4.34. The van der Waals surface area contributed by atoms with Crippen molar-refractivity contribution in [3.05, 3.63) is 65.2 Å². The minimum Gasteiger partial charge on any atom is -0.321 e. The maximum absolute atomic E-state index is 12.5. The second-order valence-electron chi connectivity index (χ2n) is 6.02. The van der Waals surface area contributed by atoms with Crippen LogP contribution in [0.15, 0.2) is 53.9 Å². The number of aromatic nitrogens is 1. The molecule has 2 amide bonds. The van der Waals surface area contributed by atoms with Gasteiger partial charge < -0.3 is 10.2 Å². The average molecular weight is 363 g/mol. The van der Waals surface area contributed by atoms with Gasteiger partial charge in [-0.05, 0) is 30.7 Å². The van der Waals surface area contributed by atoms with Crippen LogP contribution < -0.4 is 10.2 Å². The zero-order chi connectivity index (χ0) is 18.1. The van der Waals surface area contributed by atoms with Crippen LogP contribution in [0.1, 0.15) is 23.0 Å². The van der Waals surface area contributed by atoms with Crippen LogP contribution in [-0.4, -0.2) is 23.3 Å². The van der Waals surface area contributed by atoms with Gasteiger partial charge in [-0.25, -0.2) is 4.98 Å². The summed E-state index contributed by atoms with van der Waals surface area (Å²) in [4.78, 5) is 30.7. The van der Waals surface area contributed by atoms with Crippen molar-refractivity contribution in [2.75, 3.05) is 16.8 Å². The lowest BCUT2D eigenvalue weighted by molar-refractivity contribution is -0.117. The molecule has 0 fully saturated rings. The molecule has 4 rings (SSSR count). The normalized spacial score (nSPS) is 13.0. The van der Waals surface area contributed by atoms with E-state index in [0.29, 0.717) is 24.3 Å². The summed E-state index contributed by atoms with van der Waals surface area (Å²) in [6.45, 7) is 2.61. The van der Waals surface area contributed by atoms with Crippen LogP contribution in [0, 0.1) is 0 Å². The van der Waals surface area contributed by atoms with Gasteiger partial charge in [0.25, 0.3) is 5.91 Å². The van der Waals surface area contributed by atoms with E-state index in [1.807, 2.05) is 55.5 Å². The standard InChI is InChI=1S/C20H17N3O2S/c1-2-23-17-9-8-15(10-14(17)11-18(23)24)21-19(25)16-12-26-20(22-16)13-6-4-3-5-7-13/h3-10,12H,2,11H2,1H3,(H,21,25). The fraction of sp³-hybridized carbons (Fsp3) is 0.150. The first-order valence-electron chi connectivity index (χ1n) is 8.41. The lowest BCUT2D eigenvalue weighted by Gasteiger charge is -2.14. The van der Waals surface area contributed by atoms with E-state index in [1.54, 1.807) is 10.3 Å². The van der Waals surface area contributed by atoms with Crippen LogP contribution in [0.2, 0.25) is 0 Å². The molecule has 5 nitrogen and oxygen atoms in total. The molecule has 0 aliphatic carbocycles. The van der Waals surface area contributed by atoms with Crippen molar-refractivity contribution < 1.29 is 9.59 Å². The summed E-state index contributed by atoms with van der Waals surface area (Å²) in [6.07, 6.45) is 0.377. The van der Waals surface area contributed by atoms with Gasteiger partial charge in [0.1, 0.15) is 10.7 Å². The molecule has 1 aliphatic heterocycles. The maximum atomic E-state index is 12.5. The average Bonchev–Trinajstić information content (AvgIpc) is 3.26. The van der Waals surface area contributed by atoms with E-state index in [-0.39, 0.29) is 11.8 Å². The molecular formula is C20H17N3O2S. The highest BCUT2D eigenvalue weighted by Crippen LogP contribution is 2.31. The Hall–Kier alpha value is -2.99. The molecule has 0 saturated heterocycles. The van der Waals surface area contributed by atoms with Gasteiger partial charge in [-0.2, -0.15) is 0 Å². The molecule has 1 N–H and O–H groups in total. The summed E-state index contributed by atoms with van der Waals surface area (Å²) in [6, 6.07) is 15.4. The number of carbonyl (C=O) groups is 2. The van der Waals surface area contributed by atoms with Crippen molar-refractivity contribution >= 4 is 34.5 Å². The number of benzene rings is 2. The number of hydrogen-bond donors (Lipinski definition) is 1. The monoisotopic (exact) mass is 363 g/mol. The third-order valence-corrected chi connectivity index (χ3v) is 5.24. The Kier molecular flexibility index (Phi) is 4.26. The fourth-order valence-corrected chi connectivity index (χ4v) is 3.90. The molecule has 6 heteroatoms. The van der Waals surface area contributed by atoms with Crippen LogP contribution in [0.3, 0.4) is 0 Å². The Morgan fingerprint density at radius 1 is 1.23 bits per heavy atom. The first-order valence-corrected chi connectivity index (χ1v) is 9.29. The SMILES string of the molecule is CCN1C(=O)Cc2cc(NC(=O)c3csc(-c4ccccc4)n3)ccc21. The molecule has 0 unspecified atom stereocenters. The molecule has 130 valence electrons. The summed E-state index contributed by atoms with van der Waals surface area (Å²) in [5, 5.41) is 5.45. The number of fused-ring (bicyclic) bond motifs is 1. The number of hydrogen-bond acceptors (Lipinski definition) is 4. The molecule has 1 aromatic heterocycles. The maximum Gasteiger partial charge on any atom is 0.275 e. The predicted octanol–water partition coefficient (Wildman–Crippen LogP) is 3.97. The minimum atomic E-state index is -0.250. The molecule has 26 heavy (non-hydrogen) atoms. The number of nitrogens with zero attached hydrogens (tertiary/aromatic N) is 2. The highest BCUT2D eigenvalue weighted by Gasteiger charge is 2.26. The predicted molar refractivity (Wildman–Crippen MR) is 104 cm³/mol. The lowest BCUT2D eigenvalue weighted by atomic mass is 10.1. The minimum absolute atomic E-state index is 0.0954. The van der Waals surface area contributed by atoms with Gasteiger partial charge in [0.15, 0.2) is 0 Å². The largest absolute Gasteiger partial charge is 0.321 e.